The molecular formula is C24H21BrN2O4. The van der Waals surface area contributed by atoms with E-state index >= 15 is 0 Å². The predicted molar refractivity (Wildman–Crippen MR) is 121 cm³/mol. The summed E-state index contributed by atoms with van der Waals surface area (Å²) in [6.07, 6.45) is 0. The molecule has 0 saturated carbocycles. The molecule has 1 N–H and O–H groups in total. The SMILES string of the molecule is Cc1cc(N2C(=O)C(=O)C(=C(O)c3ccc(Br)cc3)[C@@H]2c2ccc(C(C)C)cc2)no1. The molecule has 0 aliphatic carbocycles. The van der Waals surface area contributed by atoms with Gasteiger partial charge in [-0.1, -0.05) is 71.3 Å². The monoisotopic (exact) mass is 480 g/mol. The largest absolute Gasteiger partial charge is 0.507 e. The molecule has 1 aromatic heterocycles. The molecule has 1 atom stereocenters. The summed E-state index contributed by atoms with van der Waals surface area (Å²) in [6.45, 7) is 5.89. The molecule has 4 rings (SSSR count). The van der Waals surface area contributed by atoms with Crippen molar-refractivity contribution in [2.75, 3.05) is 4.90 Å². The van der Waals surface area contributed by atoms with Crippen molar-refractivity contribution in [1.82, 2.24) is 5.16 Å². The smallest absolute Gasteiger partial charge is 0.301 e. The van der Waals surface area contributed by atoms with Gasteiger partial charge in [-0.25, -0.2) is 0 Å². The van der Waals surface area contributed by atoms with Crippen molar-refractivity contribution >= 4 is 39.2 Å². The molecule has 1 aliphatic rings. The molecule has 1 fully saturated rings. The number of hydrogen-bond acceptors (Lipinski definition) is 5. The van der Waals surface area contributed by atoms with E-state index in [1.807, 2.05) is 24.3 Å². The number of aliphatic hydroxyl groups is 1. The summed E-state index contributed by atoms with van der Waals surface area (Å²) in [5.74, 6) is -0.678. The van der Waals surface area contributed by atoms with E-state index in [9.17, 15) is 14.7 Å². The van der Waals surface area contributed by atoms with Gasteiger partial charge >= 0.3 is 5.91 Å². The van der Waals surface area contributed by atoms with Gasteiger partial charge in [0.15, 0.2) is 5.82 Å². The minimum atomic E-state index is -0.825. The number of anilines is 1. The fourth-order valence-electron chi connectivity index (χ4n) is 3.68. The molecule has 31 heavy (non-hydrogen) atoms. The summed E-state index contributed by atoms with van der Waals surface area (Å²) >= 11 is 3.36. The third-order valence-corrected chi connectivity index (χ3v) is 5.87. The van der Waals surface area contributed by atoms with Crippen LogP contribution in [0.15, 0.2) is 69.2 Å². The van der Waals surface area contributed by atoms with E-state index in [1.54, 1.807) is 37.3 Å². The van der Waals surface area contributed by atoms with E-state index in [1.165, 1.54) is 4.90 Å². The molecular weight excluding hydrogens is 460 g/mol. The molecule has 1 aliphatic heterocycles. The van der Waals surface area contributed by atoms with Gasteiger partial charge in [-0.3, -0.25) is 14.5 Å². The van der Waals surface area contributed by atoms with Crippen molar-refractivity contribution in [2.24, 2.45) is 0 Å². The average Bonchev–Trinajstić information content (AvgIpc) is 3.29. The number of Topliss-reactive ketones (excluding diaryl/α,β-unsaturated/α-hetero) is 1. The second-order valence-corrected chi connectivity index (χ2v) is 8.71. The zero-order valence-corrected chi connectivity index (χ0v) is 18.9. The summed E-state index contributed by atoms with van der Waals surface area (Å²) in [6, 6.07) is 15.4. The third-order valence-electron chi connectivity index (χ3n) is 5.34. The standard InChI is InChI=1S/C24H21BrN2O4/c1-13(2)15-4-6-16(7-5-15)21-20(22(28)17-8-10-18(25)11-9-17)23(29)24(30)27(21)19-12-14(3)31-26-19/h4-13,21,28H,1-3H3/t21-/m0/s1. The number of aliphatic hydroxyl groups excluding tert-OH is 1. The highest BCUT2D eigenvalue weighted by Gasteiger charge is 2.48. The van der Waals surface area contributed by atoms with Crippen LogP contribution in [0.3, 0.4) is 0 Å². The van der Waals surface area contributed by atoms with Crippen LogP contribution < -0.4 is 4.90 Å². The molecule has 158 valence electrons. The highest BCUT2D eigenvalue weighted by molar-refractivity contribution is 9.10. The summed E-state index contributed by atoms with van der Waals surface area (Å²) in [5.41, 5.74) is 2.29. The Morgan fingerprint density at radius 2 is 1.74 bits per heavy atom. The molecule has 0 bridgehead atoms. The molecule has 0 radical (unpaired) electrons. The van der Waals surface area contributed by atoms with Crippen LogP contribution in [0.2, 0.25) is 0 Å². The molecule has 2 aromatic carbocycles. The minimum Gasteiger partial charge on any atom is -0.507 e. The highest BCUT2D eigenvalue weighted by Crippen LogP contribution is 2.42. The lowest BCUT2D eigenvalue weighted by atomic mass is 9.93. The van der Waals surface area contributed by atoms with Crippen LogP contribution in [0.1, 0.15) is 48.3 Å². The number of amides is 1. The van der Waals surface area contributed by atoms with Gasteiger partial charge in [-0.15, -0.1) is 0 Å². The molecule has 0 unspecified atom stereocenters. The Balaban J connectivity index is 1.91. The van der Waals surface area contributed by atoms with Gasteiger partial charge in [0.2, 0.25) is 0 Å². The number of ketones is 1. The summed E-state index contributed by atoms with van der Waals surface area (Å²) < 4.78 is 5.99. The fourth-order valence-corrected chi connectivity index (χ4v) is 3.94. The lowest BCUT2D eigenvalue weighted by molar-refractivity contribution is -0.132. The Morgan fingerprint density at radius 3 is 2.29 bits per heavy atom. The number of hydrogen-bond donors (Lipinski definition) is 1. The highest BCUT2D eigenvalue weighted by atomic mass is 79.9. The van der Waals surface area contributed by atoms with Gasteiger partial charge < -0.3 is 9.63 Å². The van der Waals surface area contributed by atoms with E-state index < -0.39 is 17.7 Å². The normalized spacial score (nSPS) is 18.2. The van der Waals surface area contributed by atoms with Crippen molar-refractivity contribution < 1.29 is 19.2 Å². The predicted octanol–water partition coefficient (Wildman–Crippen LogP) is 5.50. The first kappa shape index (κ1) is 21.1. The molecule has 0 spiro atoms. The maximum atomic E-state index is 13.1. The van der Waals surface area contributed by atoms with Crippen molar-refractivity contribution in [1.29, 1.82) is 0 Å². The van der Waals surface area contributed by atoms with Crippen molar-refractivity contribution in [2.45, 2.75) is 32.7 Å². The summed E-state index contributed by atoms with van der Waals surface area (Å²) in [7, 11) is 0. The van der Waals surface area contributed by atoms with E-state index in [2.05, 4.69) is 34.9 Å². The number of aromatic nitrogens is 1. The number of carbonyl (C=O) groups is 2. The third kappa shape index (κ3) is 3.81. The molecule has 7 heteroatoms. The maximum absolute atomic E-state index is 13.1. The Hall–Kier alpha value is -3.19. The summed E-state index contributed by atoms with van der Waals surface area (Å²) in [5, 5.41) is 15.0. The van der Waals surface area contributed by atoms with E-state index in [-0.39, 0.29) is 17.2 Å². The van der Waals surface area contributed by atoms with Crippen LogP contribution in [-0.2, 0) is 9.59 Å². The fraction of sp³-hybridized carbons (Fsp3) is 0.208. The maximum Gasteiger partial charge on any atom is 0.301 e. The topological polar surface area (TPSA) is 83.6 Å². The van der Waals surface area contributed by atoms with Gasteiger partial charge in [-0.2, -0.15) is 0 Å². The van der Waals surface area contributed by atoms with Gasteiger partial charge in [0.1, 0.15) is 11.5 Å². The lowest BCUT2D eigenvalue weighted by Gasteiger charge is -2.23. The van der Waals surface area contributed by atoms with Gasteiger partial charge in [0, 0.05) is 16.1 Å². The molecule has 2 heterocycles. The molecule has 1 saturated heterocycles. The Labute approximate surface area is 188 Å². The minimum absolute atomic E-state index is 0.0188. The van der Waals surface area contributed by atoms with E-state index in [0.29, 0.717) is 22.8 Å². The van der Waals surface area contributed by atoms with E-state index in [0.717, 1.165) is 10.0 Å². The van der Waals surface area contributed by atoms with E-state index in [4.69, 9.17) is 4.52 Å². The molecule has 6 nitrogen and oxygen atoms in total. The number of rotatable bonds is 4. The Bertz CT molecular complexity index is 1180. The van der Waals surface area contributed by atoms with Crippen molar-refractivity contribution in [3.05, 3.63) is 87.1 Å². The van der Waals surface area contributed by atoms with Crippen molar-refractivity contribution in [3.8, 4) is 0 Å². The van der Waals surface area contributed by atoms with Gasteiger partial charge in [-0.05, 0) is 36.1 Å². The number of halogens is 1. The van der Waals surface area contributed by atoms with Crippen LogP contribution in [0.25, 0.3) is 5.76 Å². The van der Waals surface area contributed by atoms with Crippen LogP contribution in [-0.4, -0.2) is 22.0 Å². The number of nitrogens with zero attached hydrogens (tertiary/aromatic N) is 2. The first-order chi connectivity index (χ1) is 14.8. The van der Waals surface area contributed by atoms with Crippen LogP contribution >= 0.6 is 15.9 Å². The number of aryl methyl sites for hydroxylation is 1. The zero-order valence-electron chi connectivity index (χ0n) is 17.3. The quantitative estimate of drug-likeness (QED) is 0.303. The lowest BCUT2D eigenvalue weighted by Crippen LogP contribution is -2.29. The van der Waals surface area contributed by atoms with Crippen molar-refractivity contribution in [3.63, 3.8) is 0 Å². The Kier molecular flexibility index (Phi) is 5.54. The van der Waals surface area contributed by atoms with Crippen LogP contribution in [0.5, 0.6) is 0 Å². The van der Waals surface area contributed by atoms with Crippen LogP contribution in [0.4, 0.5) is 5.82 Å². The first-order valence-electron chi connectivity index (χ1n) is 9.88. The summed E-state index contributed by atoms with van der Waals surface area (Å²) in [4.78, 5) is 27.4. The van der Waals surface area contributed by atoms with Gasteiger partial charge in [0.25, 0.3) is 5.78 Å². The Morgan fingerprint density at radius 1 is 1.10 bits per heavy atom. The zero-order chi connectivity index (χ0) is 22.3. The van der Waals surface area contributed by atoms with Gasteiger partial charge in [0.05, 0.1) is 11.6 Å². The number of carbonyl (C=O) groups excluding carboxylic acids is 2. The molecule has 3 aromatic rings. The average molecular weight is 481 g/mol. The molecule has 1 amide bonds. The van der Waals surface area contributed by atoms with Crippen LogP contribution in [0, 0.1) is 6.92 Å². The first-order valence-corrected chi connectivity index (χ1v) is 10.7. The second-order valence-electron chi connectivity index (χ2n) is 7.79. The second kappa shape index (κ2) is 8.15. The number of benzene rings is 2.